The van der Waals surface area contributed by atoms with E-state index in [1.807, 2.05) is 12.1 Å². The van der Waals surface area contributed by atoms with Crippen molar-refractivity contribution in [2.24, 2.45) is 5.92 Å². The molecule has 5 nitrogen and oxygen atoms in total. The van der Waals surface area contributed by atoms with Gasteiger partial charge in [0, 0.05) is 38.6 Å². The molecule has 154 valence electrons. The summed E-state index contributed by atoms with van der Waals surface area (Å²) in [7, 11) is 0. The second-order valence-corrected chi connectivity index (χ2v) is 8.04. The van der Waals surface area contributed by atoms with Gasteiger partial charge in [0.25, 0.3) is 5.91 Å². The molecular formula is C22H32FN3O2. The SMILES string of the molecule is CCC(=O)C(=O)N[C@H]1CC[C@H](CCN2CCN(c3ccccc3F)CC2)CC1. The second kappa shape index (κ2) is 10.0. The molecule has 6 heteroatoms. The van der Waals surface area contributed by atoms with Crippen LogP contribution in [0.25, 0.3) is 0 Å². The number of hydrogen-bond donors (Lipinski definition) is 1. The molecule has 2 aliphatic rings. The van der Waals surface area contributed by atoms with Gasteiger partial charge in [-0.25, -0.2) is 4.39 Å². The molecule has 28 heavy (non-hydrogen) atoms. The Bertz CT molecular complexity index is 666. The predicted molar refractivity (Wildman–Crippen MR) is 109 cm³/mol. The van der Waals surface area contributed by atoms with Crippen molar-refractivity contribution in [2.45, 2.75) is 51.5 Å². The third-order valence-electron chi connectivity index (χ3n) is 6.18. The van der Waals surface area contributed by atoms with Gasteiger partial charge in [-0.2, -0.15) is 0 Å². The van der Waals surface area contributed by atoms with E-state index in [0.717, 1.165) is 58.4 Å². The standard InChI is InChI=1S/C22H32FN3O2/c1-2-21(27)22(28)24-18-9-7-17(8-10-18)11-12-25-13-15-26(16-14-25)20-6-4-3-5-19(20)23/h3-6,17-18H,2,7-16H2,1H3,(H,24,28)/t17-,18-. The Balaban J connectivity index is 1.34. The molecule has 1 N–H and O–H groups in total. The summed E-state index contributed by atoms with van der Waals surface area (Å²) in [6.07, 6.45) is 5.60. The van der Waals surface area contributed by atoms with Crippen molar-refractivity contribution in [3.05, 3.63) is 30.1 Å². The van der Waals surface area contributed by atoms with E-state index in [2.05, 4.69) is 15.1 Å². The van der Waals surface area contributed by atoms with Crippen molar-refractivity contribution in [3.8, 4) is 0 Å². The van der Waals surface area contributed by atoms with E-state index in [-0.39, 0.29) is 24.1 Å². The van der Waals surface area contributed by atoms with E-state index >= 15 is 0 Å². The maximum atomic E-state index is 13.9. The number of rotatable bonds is 7. The highest BCUT2D eigenvalue weighted by molar-refractivity contribution is 6.36. The zero-order valence-electron chi connectivity index (χ0n) is 16.8. The molecule has 1 saturated heterocycles. The number of para-hydroxylation sites is 1. The first-order valence-corrected chi connectivity index (χ1v) is 10.6. The number of piperazine rings is 1. The fourth-order valence-corrected chi connectivity index (χ4v) is 4.31. The molecule has 1 aromatic rings. The Labute approximate surface area is 167 Å². The van der Waals surface area contributed by atoms with Gasteiger partial charge in [-0.15, -0.1) is 0 Å². The molecule has 1 aliphatic carbocycles. The molecule has 3 rings (SSSR count). The van der Waals surface area contributed by atoms with Crippen LogP contribution in [0.15, 0.2) is 24.3 Å². The lowest BCUT2D eigenvalue weighted by Gasteiger charge is -2.37. The Morgan fingerprint density at radius 1 is 1.07 bits per heavy atom. The lowest BCUT2D eigenvalue weighted by Crippen LogP contribution is -2.47. The van der Waals surface area contributed by atoms with Crippen molar-refractivity contribution in [3.63, 3.8) is 0 Å². The van der Waals surface area contributed by atoms with Crippen LogP contribution in [-0.4, -0.2) is 55.4 Å². The minimum absolute atomic E-state index is 0.138. The highest BCUT2D eigenvalue weighted by atomic mass is 19.1. The molecule has 1 aromatic carbocycles. The Morgan fingerprint density at radius 3 is 2.39 bits per heavy atom. The van der Waals surface area contributed by atoms with Gasteiger partial charge in [-0.05, 0) is 56.7 Å². The highest BCUT2D eigenvalue weighted by Gasteiger charge is 2.25. The van der Waals surface area contributed by atoms with Gasteiger partial charge in [-0.1, -0.05) is 19.1 Å². The monoisotopic (exact) mass is 389 g/mol. The first-order chi connectivity index (χ1) is 13.6. The van der Waals surface area contributed by atoms with Gasteiger partial charge in [0.1, 0.15) is 5.82 Å². The second-order valence-electron chi connectivity index (χ2n) is 8.04. The van der Waals surface area contributed by atoms with Crippen molar-refractivity contribution in [1.82, 2.24) is 10.2 Å². The van der Waals surface area contributed by atoms with Crippen LogP contribution < -0.4 is 10.2 Å². The molecule has 1 amide bonds. The number of halogens is 1. The summed E-state index contributed by atoms with van der Waals surface area (Å²) in [5.41, 5.74) is 0.712. The molecule has 0 aromatic heterocycles. The minimum Gasteiger partial charge on any atom is -0.367 e. The fraction of sp³-hybridized carbons (Fsp3) is 0.636. The van der Waals surface area contributed by atoms with Crippen LogP contribution in [0.1, 0.15) is 45.4 Å². The molecular weight excluding hydrogens is 357 g/mol. The number of hydrogen-bond acceptors (Lipinski definition) is 4. The van der Waals surface area contributed by atoms with E-state index in [1.54, 1.807) is 13.0 Å². The van der Waals surface area contributed by atoms with E-state index in [0.29, 0.717) is 11.6 Å². The van der Waals surface area contributed by atoms with Gasteiger partial charge in [-0.3, -0.25) is 14.5 Å². The molecule has 1 heterocycles. The minimum atomic E-state index is -0.418. The van der Waals surface area contributed by atoms with Crippen LogP contribution in [0.4, 0.5) is 10.1 Å². The van der Waals surface area contributed by atoms with Gasteiger partial charge < -0.3 is 10.2 Å². The number of nitrogens with zero attached hydrogens (tertiary/aromatic N) is 2. The zero-order valence-corrected chi connectivity index (χ0v) is 16.8. The molecule has 0 atom stereocenters. The molecule has 0 bridgehead atoms. The van der Waals surface area contributed by atoms with Gasteiger partial charge in [0.15, 0.2) is 0 Å². The normalized spacial score (nSPS) is 23.4. The van der Waals surface area contributed by atoms with Gasteiger partial charge in [0.05, 0.1) is 5.69 Å². The number of benzene rings is 1. The van der Waals surface area contributed by atoms with Gasteiger partial charge >= 0.3 is 0 Å². The fourth-order valence-electron chi connectivity index (χ4n) is 4.31. The molecule has 1 aliphatic heterocycles. The summed E-state index contributed by atoms with van der Waals surface area (Å²) in [6.45, 7) is 6.48. The number of carbonyl (C=O) groups excluding carboxylic acids is 2. The predicted octanol–water partition coefficient (Wildman–Crippen LogP) is 2.99. The topological polar surface area (TPSA) is 52.7 Å². The third-order valence-corrected chi connectivity index (χ3v) is 6.18. The quantitative estimate of drug-likeness (QED) is 0.729. The number of amides is 1. The van der Waals surface area contributed by atoms with Crippen LogP contribution in [-0.2, 0) is 9.59 Å². The van der Waals surface area contributed by atoms with Crippen LogP contribution in [0.5, 0.6) is 0 Å². The van der Waals surface area contributed by atoms with E-state index in [9.17, 15) is 14.0 Å². The molecule has 2 fully saturated rings. The van der Waals surface area contributed by atoms with Gasteiger partial charge in [0.2, 0.25) is 5.78 Å². The largest absolute Gasteiger partial charge is 0.367 e. The van der Waals surface area contributed by atoms with E-state index in [4.69, 9.17) is 0 Å². The summed E-state index contributed by atoms with van der Waals surface area (Å²) in [4.78, 5) is 27.7. The van der Waals surface area contributed by atoms with Crippen LogP contribution in [0.2, 0.25) is 0 Å². The number of anilines is 1. The van der Waals surface area contributed by atoms with Crippen molar-refractivity contribution in [1.29, 1.82) is 0 Å². The number of ketones is 1. The van der Waals surface area contributed by atoms with Crippen molar-refractivity contribution < 1.29 is 14.0 Å². The molecule has 0 unspecified atom stereocenters. The zero-order chi connectivity index (χ0) is 19.9. The number of carbonyl (C=O) groups is 2. The smallest absolute Gasteiger partial charge is 0.287 e. The molecule has 0 spiro atoms. The maximum absolute atomic E-state index is 13.9. The summed E-state index contributed by atoms with van der Waals surface area (Å²) in [6, 6.07) is 7.16. The first-order valence-electron chi connectivity index (χ1n) is 10.6. The first kappa shape index (κ1) is 20.8. The summed E-state index contributed by atoms with van der Waals surface area (Å²) < 4.78 is 13.9. The lowest BCUT2D eigenvalue weighted by atomic mass is 9.84. The van der Waals surface area contributed by atoms with Crippen molar-refractivity contribution in [2.75, 3.05) is 37.6 Å². The van der Waals surface area contributed by atoms with Crippen LogP contribution in [0.3, 0.4) is 0 Å². The Hall–Kier alpha value is -1.95. The summed E-state index contributed by atoms with van der Waals surface area (Å²) in [5.74, 6) is -0.185. The van der Waals surface area contributed by atoms with Crippen LogP contribution >= 0.6 is 0 Å². The average molecular weight is 390 g/mol. The molecule has 0 radical (unpaired) electrons. The Morgan fingerprint density at radius 2 is 1.75 bits per heavy atom. The average Bonchev–Trinajstić information content (AvgIpc) is 2.73. The number of nitrogens with one attached hydrogen (secondary N) is 1. The Kier molecular flexibility index (Phi) is 7.43. The van der Waals surface area contributed by atoms with Crippen LogP contribution in [0, 0.1) is 11.7 Å². The third kappa shape index (κ3) is 5.53. The summed E-state index contributed by atoms with van der Waals surface area (Å²) >= 11 is 0. The van der Waals surface area contributed by atoms with E-state index < -0.39 is 5.91 Å². The number of Topliss-reactive ketones (excluding diaryl/α,β-unsaturated/α-hetero) is 1. The molecule has 1 saturated carbocycles. The summed E-state index contributed by atoms with van der Waals surface area (Å²) in [5, 5.41) is 2.89. The highest BCUT2D eigenvalue weighted by Crippen LogP contribution is 2.27. The van der Waals surface area contributed by atoms with Crippen molar-refractivity contribution >= 4 is 17.4 Å². The maximum Gasteiger partial charge on any atom is 0.287 e. The van der Waals surface area contributed by atoms with E-state index in [1.165, 1.54) is 12.5 Å². The lowest BCUT2D eigenvalue weighted by molar-refractivity contribution is -0.138.